The normalized spacial score (nSPS) is 24.2. The van der Waals surface area contributed by atoms with Gasteiger partial charge in [0.25, 0.3) is 0 Å². The number of carbonyl (C=O) groups is 2. The number of hydrogen-bond donors (Lipinski definition) is 3. The number of rotatable bonds is 8. The number of phenols is 1. The number of benzene rings is 1. The van der Waals surface area contributed by atoms with Crippen molar-refractivity contribution in [1.82, 2.24) is 0 Å². The van der Waals surface area contributed by atoms with Crippen LogP contribution in [-0.4, -0.2) is 38.8 Å². The number of ketones is 2. The third-order valence-corrected chi connectivity index (χ3v) is 6.35. The summed E-state index contributed by atoms with van der Waals surface area (Å²) in [5, 5.41) is 31.2. The summed E-state index contributed by atoms with van der Waals surface area (Å²) >= 11 is 0. The molecule has 0 saturated heterocycles. The van der Waals surface area contributed by atoms with Gasteiger partial charge in [-0.1, -0.05) is 31.6 Å². The summed E-state index contributed by atoms with van der Waals surface area (Å²) in [6, 6.07) is 2.96. The minimum absolute atomic E-state index is 0.0380. The van der Waals surface area contributed by atoms with Crippen LogP contribution in [0.25, 0.3) is 0 Å². The Kier molecular flexibility index (Phi) is 8.07. The van der Waals surface area contributed by atoms with E-state index in [1.165, 1.54) is 13.0 Å². The zero-order chi connectivity index (χ0) is 24.4. The van der Waals surface area contributed by atoms with Gasteiger partial charge in [0.05, 0.1) is 12.0 Å². The fourth-order valence-corrected chi connectivity index (χ4v) is 4.22. The van der Waals surface area contributed by atoms with E-state index >= 15 is 0 Å². The van der Waals surface area contributed by atoms with Gasteiger partial charge in [0.2, 0.25) is 5.79 Å². The number of phenolic OH excluding ortho intramolecular Hbond substituents is 1. The first-order valence-corrected chi connectivity index (χ1v) is 11.1. The SMILES string of the molecule is CC(=O)Cc1cc(O)cc2c1CC(C)C(O)(C(C)C(=O)C(C)=CC(C)=CC(C)C(C)O)O2. The molecule has 1 aliphatic heterocycles. The van der Waals surface area contributed by atoms with Crippen LogP contribution < -0.4 is 4.74 Å². The van der Waals surface area contributed by atoms with Gasteiger partial charge in [-0.05, 0) is 63.8 Å². The lowest BCUT2D eigenvalue weighted by molar-refractivity contribution is -0.213. The summed E-state index contributed by atoms with van der Waals surface area (Å²) in [7, 11) is 0. The number of aromatic hydroxyl groups is 1. The van der Waals surface area contributed by atoms with Gasteiger partial charge in [0.1, 0.15) is 17.3 Å². The van der Waals surface area contributed by atoms with Crippen molar-refractivity contribution in [2.24, 2.45) is 17.8 Å². The zero-order valence-corrected chi connectivity index (χ0v) is 20.1. The maximum Gasteiger partial charge on any atom is 0.220 e. The van der Waals surface area contributed by atoms with Gasteiger partial charge in [-0.2, -0.15) is 0 Å². The fraction of sp³-hybridized carbons (Fsp3) is 0.538. The van der Waals surface area contributed by atoms with Crippen LogP contribution in [0.3, 0.4) is 0 Å². The second kappa shape index (κ2) is 10.0. The van der Waals surface area contributed by atoms with E-state index in [0.717, 1.165) is 11.1 Å². The van der Waals surface area contributed by atoms with Crippen molar-refractivity contribution in [1.29, 1.82) is 0 Å². The van der Waals surface area contributed by atoms with Gasteiger partial charge in [0, 0.05) is 24.3 Å². The van der Waals surface area contributed by atoms with E-state index in [9.17, 15) is 24.9 Å². The fourth-order valence-electron chi connectivity index (χ4n) is 4.22. The van der Waals surface area contributed by atoms with Gasteiger partial charge in [0.15, 0.2) is 5.78 Å². The summed E-state index contributed by atoms with van der Waals surface area (Å²) in [5.41, 5.74) is 2.77. The molecule has 1 heterocycles. The largest absolute Gasteiger partial charge is 0.508 e. The van der Waals surface area contributed by atoms with Crippen molar-refractivity contribution in [2.75, 3.05) is 0 Å². The second-order valence-corrected chi connectivity index (χ2v) is 9.34. The molecule has 0 aliphatic carbocycles. The Bertz CT molecular complexity index is 942. The third kappa shape index (κ3) is 5.67. The highest BCUT2D eigenvalue weighted by molar-refractivity contribution is 5.97. The molecule has 2 rings (SSSR count). The first kappa shape index (κ1) is 25.8. The lowest BCUT2D eigenvalue weighted by atomic mass is 9.78. The number of carbonyl (C=O) groups excluding carboxylic acids is 2. The first-order valence-electron chi connectivity index (χ1n) is 11.1. The Morgan fingerprint density at radius 1 is 1.22 bits per heavy atom. The highest BCUT2D eigenvalue weighted by Crippen LogP contribution is 2.43. The predicted molar refractivity (Wildman–Crippen MR) is 123 cm³/mol. The van der Waals surface area contributed by atoms with Crippen LogP contribution in [0.4, 0.5) is 0 Å². The molecule has 176 valence electrons. The predicted octanol–water partition coefficient (Wildman–Crippen LogP) is 3.90. The van der Waals surface area contributed by atoms with Crippen molar-refractivity contribution in [3.63, 3.8) is 0 Å². The molecule has 1 aliphatic rings. The monoisotopic (exact) mass is 444 g/mol. The Morgan fingerprint density at radius 3 is 2.41 bits per heavy atom. The number of aliphatic hydroxyl groups is 2. The van der Waals surface area contributed by atoms with E-state index in [1.807, 2.05) is 26.8 Å². The number of aliphatic hydroxyl groups excluding tert-OH is 1. The number of Topliss-reactive ketones (excluding diaryl/α,β-unsaturated/α-hetero) is 2. The van der Waals surface area contributed by atoms with Gasteiger partial charge in [-0.3, -0.25) is 9.59 Å². The van der Waals surface area contributed by atoms with E-state index in [1.54, 1.807) is 32.9 Å². The Balaban J connectivity index is 2.33. The highest BCUT2D eigenvalue weighted by Gasteiger charge is 2.48. The lowest BCUT2D eigenvalue weighted by Gasteiger charge is -2.43. The van der Waals surface area contributed by atoms with Crippen LogP contribution in [0.5, 0.6) is 11.5 Å². The molecule has 0 amide bonds. The molecule has 5 atom stereocenters. The molecule has 6 heteroatoms. The van der Waals surface area contributed by atoms with Crippen molar-refractivity contribution in [2.45, 2.75) is 73.2 Å². The van der Waals surface area contributed by atoms with Gasteiger partial charge >= 0.3 is 0 Å². The summed E-state index contributed by atoms with van der Waals surface area (Å²) in [5.74, 6) is -3.12. The van der Waals surface area contributed by atoms with E-state index in [-0.39, 0.29) is 29.7 Å². The molecule has 0 radical (unpaired) electrons. The summed E-state index contributed by atoms with van der Waals surface area (Å²) in [4.78, 5) is 24.8. The van der Waals surface area contributed by atoms with Crippen LogP contribution in [0.2, 0.25) is 0 Å². The average molecular weight is 445 g/mol. The van der Waals surface area contributed by atoms with Gasteiger partial charge in [-0.25, -0.2) is 0 Å². The smallest absolute Gasteiger partial charge is 0.220 e. The summed E-state index contributed by atoms with van der Waals surface area (Å²) < 4.78 is 5.96. The average Bonchev–Trinajstić information content (AvgIpc) is 2.67. The molecule has 6 nitrogen and oxygen atoms in total. The maximum atomic E-state index is 13.2. The topological polar surface area (TPSA) is 104 Å². The highest BCUT2D eigenvalue weighted by atomic mass is 16.6. The molecule has 0 spiro atoms. The zero-order valence-electron chi connectivity index (χ0n) is 20.1. The second-order valence-electron chi connectivity index (χ2n) is 9.34. The lowest BCUT2D eigenvalue weighted by Crippen LogP contribution is -2.54. The molecule has 0 aromatic heterocycles. The third-order valence-electron chi connectivity index (χ3n) is 6.35. The van der Waals surface area contributed by atoms with E-state index in [2.05, 4.69) is 0 Å². The van der Waals surface area contributed by atoms with Crippen molar-refractivity contribution in [3.8, 4) is 11.5 Å². The molecular weight excluding hydrogens is 408 g/mol. The van der Waals surface area contributed by atoms with Gasteiger partial charge < -0.3 is 20.1 Å². The van der Waals surface area contributed by atoms with Crippen LogP contribution >= 0.6 is 0 Å². The number of allylic oxidation sites excluding steroid dienone is 3. The first-order chi connectivity index (χ1) is 14.8. The Hall–Kier alpha value is -2.44. The Morgan fingerprint density at radius 2 is 1.84 bits per heavy atom. The van der Waals surface area contributed by atoms with Crippen LogP contribution in [0.1, 0.15) is 59.6 Å². The summed E-state index contributed by atoms with van der Waals surface area (Å²) in [6.07, 6.45) is 3.74. The van der Waals surface area contributed by atoms with Crippen molar-refractivity contribution in [3.05, 3.63) is 46.6 Å². The number of ether oxygens (including phenoxy) is 1. The quantitative estimate of drug-likeness (QED) is 0.415. The van der Waals surface area contributed by atoms with Crippen molar-refractivity contribution >= 4 is 11.6 Å². The van der Waals surface area contributed by atoms with Crippen LogP contribution in [-0.2, 0) is 22.4 Å². The van der Waals surface area contributed by atoms with E-state index in [4.69, 9.17) is 4.74 Å². The maximum absolute atomic E-state index is 13.2. The van der Waals surface area contributed by atoms with Crippen LogP contribution in [0, 0.1) is 17.8 Å². The van der Waals surface area contributed by atoms with Gasteiger partial charge in [-0.15, -0.1) is 0 Å². The molecule has 32 heavy (non-hydrogen) atoms. The molecule has 3 N–H and O–H groups in total. The van der Waals surface area contributed by atoms with E-state index < -0.39 is 23.7 Å². The summed E-state index contributed by atoms with van der Waals surface area (Å²) in [6.45, 7) is 12.1. The standard InChI is InChI=1S/C26H36O6/c1-14(8-15(2)20(7)28)9-16(3)25(30)19(6)26(31)17(4)10-23-21(11-18(5)27)12-22(29)13-24(23)32-26/h8-9,12-13,15,17,19-20,28-29,31H,10-11H2,1-7H3. The molecule has 1 aromatic carbocycles. The number of fused-ring (bicyclic) bond motifs is 1. The Labute approximate surface area is 190 Å². The van der Waals surface area contributed by atoms with Crippen LogP contribution in [0.15, 0.2) is 35.4 Å². The molecule has 1 aromatic rings. The molecular formula is C26H36O6. The number of hydrogen-bond acceptors (Lipinski definition) is 6. The molecule has 0 bridgehead atoms. The van der Waals surface area contributed by atoms with Crippen molar-refractivity contribution < 1.29 is 29.6 Å². The minimum Gasteiger partial charge on any atom is -0.508 e. The van der Waals surface area contributed by atoms with E-state index in [0.29, 0.717) is 23.3 Å². The minimum atomic E-state index is -1.76. The molecule has 0 saturated carbocycles. The molecule has 0 fully saturated rings. The molecule has 5 unspecified atom stereocenters.